The van der Waals surface area contributed by atoms with Gasteiger partial charge in [-0.25, -0.2) is 4.79 Å². The standard InChI is InChI=1S/C21H36N2O4/c1-19(2,3)22-17(25)21(15-7-9-16(24)10-8-15)11-13-23(14-12-21)18(26)27-20(4,5)6/h15H,7-14H2,1-6H3,(H,22,25). The first kappa shape index (κ1) is 21.7. The van der Waals surface area contributed by atoms with Crippen molar-refractivity contribution in [3.63, 3.8) is 0 Å². The Morgan fingerprint density at radius 3 is 2.00 bits per heavy atom. The number of carbonyl (C=O) groups is 3. The second kappa shape index (κ2) is 7.80. The molecule has 2 rings (SSSR count). The number of rotatable bonds is 2. The second-order valence-corrected chi connectivity index (χ2v) is 10.1. The quantitative estimate of drug-likeness (QED) is 0.793. The fourth-order valence-corrected chi connectivity index (χ4v) is 4.19. The average molecular weight is 381 g/mol. The van der Waals surface area contributed by atoms with Crippen LogP contribution < -0.4 is 5.32 Å². The maximum atomic E-state index is 13.3. The molecule has 0 atom stereocenters. The highest BCUT2D eigenvalue weighted by Gasteiger charge is 2.49. The Kier molecular flexibility index (Phi) is 6.27. The molecular formula is C21H36N2O4. The smallest absolute Gasteiger partial charge is 0.410 e. The van der Waals surface area contributed by atoms with E-state index in [0.717, 1.165) is 12.8 Å². The maximum absolute atomic E-state index is 13.3. The van der Waals surface area contributed by atoms with Gasteiger partial charge in [-0.3, -0.25) is 9.59 Å². The number of carbonyl (C=O) groups excluding carboxylic acids is 3. The van der Waals surface area contributed by atoms with Crippen LogP contribution in [0.2, 0.25) is 0 Å². The summed E-state index contributed by atoms with van der Waals surface area (Å²) in [6, 6.07) is 0. The molecule has 6 nitrogen and oxygen atoms in total. The van der Waals surface area contributed by atoms with Gasteiger partial charge in [0, 0.05) is 31.5 Å². The number of piperidine rings is 1. The minimum absolute atomic E-state index is 0.0678. The van der Waals surface area contributed by atoms with Gasteiger partial charge in [0.2, 0.25) is 5.91 Å². The normalized spacial score (nSPS) is 21.7. The molecule has 2 amide bonds. The number of ether oxygens (including phenoxy) is 1. The number of nitrogens with one attached hydrogen (secondary N) is 1. The minimum atomic E-state index is -0.529. The Morgan fingerprint density at radius 2 is 1.56 bits per heavy atom. The van der Waals surface area contributed by atoms with Crippen LogP contribution >= 0.6 is 0 Å². The summed E-state index contributed by atoms with van der Waals surface area (Å²) in [5.74, 6) is 0.556. The zero-order valence-electron chi connectivity index (χ0n) is 17.8. The Balaban J connectivity index is 2.14. The zero-order chi connectivity index (χ0) is 20.5. The Morgan fingerprint density at radius 1 is 1.04 bits per heavy atom. The Hall–Kier alpha value is -1.59. The van der Waals surface area contributed by atoms with Crippen molar-refractivity contribution in [3.05, 3.63) is 0 Å². The highest BCUT2D eigenvalue weighted by molar-refractivity contribution is 5.85. The highest BCUT2D eigenvalue weighted by Crippen LogP contribution is 2.46. The van der Waals surface area contributed by atoms with Crippen LogP contribution in [0.15, 0.2) is 0 Å². The van der Waals surface area contributed by atoms with Crippen LogP contribution in [0.1, 0.15) is 80.1 Å². The Bertz CT molecular complexity index is 568. The summed E-state index contributed by atoms with van der Waals surface area (Å²) >= 11 is 0. The van der Waals surface area contributed by atoms with E-state index >= 15 is 0 Å². The first-order chi connectivity index (χ1) is 12.3. The molecule has 1 heterocycles. The van der Waals surface area contributed by atoms with Crippen molar-refractivity contribution in [1.29, 1.82) is 0 Å². The topological polar surface area (TPSA) is 75.7 Å². The van der Waals surface area contributed by atoms with Crippen molar-refractivity contribution in [2.45, 2.75) is 91.2 Å². The summed E-state index contributed by atoms with van der Waals surface area (Å²) < 4.78 is 5.49. The third kappa shape index (κ3) is 5.69. The molecule has 154 valence electrons. The van der Waals surface area contributed by atoms with Crippen LogP contribution in [-0.2, 0) is 14.3 Å². The lowest BCUT2D eigenvalue weighted by atomic mass is 9.63. The van der Waals surface area contributed by atoms with E-state index in [1.54, 1.807) is 4.90 Å². The van der Waals surface area contributed by atoms with E-state index in [-0.39, 0.29) is 23.5 Å². The first-order valence-corrected chi connectivity index (χ1v) is 10.1. The van der Waals surface area contributed by atoms with Gasteiger partial charge < -0.3 is 15.0 Å². The highest BCUT2D eigenvalue weighted by atomic mass is 16.6. The molecule has 1 saturated heterocycles. The molecule has 27 heavy (non-hydrogen) atoms. The van der Waals surface area contributed by atoms with Crippen molar-refractivity contribution >= 4 is 17.8 Å². The van der Waals surface area contributed by atoms with E-state index in [4.69, 9.17) is 4.74 Å². The number of amides is 2. The molecule has 1 aliphatic carbocycles. The van der Waals surface area contributed by atoms with Gasteiger partial charge in [-0.2, -0.15) is 0 Å². The number of ketones is 1. The molecular weight excluding hydrogens is 344 g/mol. The molecule has 1 aliphatic heterocycles. The van der Waals surface area contributed by atoms with Crippen molar-refractivity contribution in [2.24, 2.45) is 11.3 Å². The SMILES string of the molecule is CC(C)(C)NC(=O)C1(C2CCC(=O)CC2)CCN(C(=O)OC(C)(C)C)CC1. The van der Waals surface area contributed by atoms with Crippen LogP contribution in [0, 0.1) is 11.3 Å². The summed E-state index contributed by atoms with van der Waals surface area (Å²) in [4.78, 5) is 39.1. The van der Waals surface area contributed by atoms with Crippen LogP contribution in [0.4, 0.5) is 4.79 Å². The van der Waals surface area contributed by atoms with E-state index in [1.165, 1.54) is 0 Å². The lowest BCUT2D eigenvalue weighted by Crippen LogP contribution is -2.57. The lowest BCUT2D eigenvalue weighted by Gasteiger charge is -2.47. The molecule has 2 fully saturated rings. The molecule has 0 unspecified atom stereocenters. The molecule has 0 aromatic heterocycles. The number of nitrogens with zero attached hydrogens (tertiary/aromatic N) is 1. The molecule has 2 aliphatic rings. The summed E-state index contributed by atoms with van der Waals surface area (Å²) in [6.45, 7) is 12.5. The predicted octanol–water partition coefficient (Wildman–Crippen LogP) is 3.68. The molecule has 0 spiro atoms. The van der Waals surface area contributed by atoms with Gasteiger partial charge in [0.25, 0.3) is 0 Å². The summed E-state index contributed by atoms with van der Waals surface area (Å²) in [5, 5.41) is 3.16. The number of hydrogen-bond donors (Lipinski definition) is 1. The maximum Gasteiger partial charge on any atom is 0.410 e. The molecule has 1 saturated carbocycles. The van der Waals surface area contributed by atoms with E-state index in [1.807, 2.05) is 41.5 Å². The second-order valence-electron chi connectivity index (χ2n) is 10.1. The third-order valence-electron chi connectivity index (χ3n) is 5.57. The van der Waals surface area contributed by atoms with Crippen LogP contribution in [0.3, 0.4) is 0 Å². The summed E-state index contributed by atoms with van der Waals surface area (Å²) in [5.41, 5.74) is -1.34. The van der Waals surface area contributed by atoms with Gasteiger partial charge in [-0.1, -0.05) is 0 Å². The average Bonchev–Trinajstić information content (AvgIpc) is 2.52. The molecule has 6 heteroatoms. The van der Waals surface area contributed by atoms with Gasteiger partial charge in [0.05, 0.1) is 5.41 Å². The van der Waals surface area contributed by atoms with Crippen LogP contribution in [0.5, 0.6) is 0 Å². The third-order valence-corrected chi connectivity index (χ3v) is 5.57. The largest absolute Gasteiger partial charge is 0.444 e. The molecule has 0 aromatic carbocycles. The van der Waals surface area contributed by atoms with Gasteiger partial charge in [0.15, 0.2) is 0 Å². The molecule has 0 bridgehead atoms. The van der Waals surface area contributed by atoms with E-state index in [2.05, 4.69) is 5.32 Å². The van der Waals surface area contributed by atoms with Crippen molar-refractivity contribution < 1.29 is 19.1 Å². The number of likely N-dealkylation sites (tertiary alicyclic amines) is 1. The van der Waals surface area contributed by atoms with E-state index in [0.29, 0.717) is 44.6 Å². The minimum Gasteiger partial charge on any atom is -0.444 e. The van der Waals surface area contributed by atoms with Crippen LogP contribution in [0.25, 0.3) is 0 Å². The van der Waals surface area contributed by atoms with E-state index in [9.17, 15) is 14.4 Å². The number of Topliss-reactive ketones (excluding diaryl/α,β-unsaturated/α-hetero) is 1. The molecule has 0 radical (unpaired) electrons. The molecule has 1 N–H and O–H groups in total. The van der Waals surface area contributed by atoms with Gasteiger partial charge in [0.1, 0.15) is 11.4 Å². The monoisotopic (exact) mass is 380 g/mol. The first-order valence-electron chi connectivity index (χ1n) is 10.1. The lowest BCUT2D eigenvalue weighted by molar-refractivity contribution is -0.142. The predicted molar refractivity (Wildman–Crippen MR) is 104 cm³/mol. The van der Waals surface area contributed by atoms with E-state index < -0.39 is 11.0 Å². The van der Waals surface area contributed by atoms with Gasteiger partial charge >= 0.3 is 6.09 Å². The van der Waals surface area contributed by atoms with Crippen molar-refractivity contribution in [3.8, 4) is 0 Å². The zero-order valence-corrected chi connectivity index (χ0v) is 17.8. The van der Waals surface area contributed by atoms with Gasteiger partial charge in [-0.05, 0) is 73.1 Å². The fraction of sp³-hybridized carbons (Fsp3) is 0.857. The van der Waals surface area contributed by atoms with Crippen molar-refractivity contribution in [1.82, 2.24) is 10.2 Å². The summed E-state index contributed by atoms with van der Waals surface area (Å²) in [7, 11) is 0. The van der Waals surface area contributed by atoms with Crippen molar-refractivity contribution in [2.75, 3.05) is 13.1 Å². The molecule has 0 aromatic rings. The fourth-order valence-electron chi connectivity index (χ4n) is 4.19. The number of hydrogen-bond acceptors (Lipinski definition) is 4. The van der Waals surface area contributed by atoms with Crippen LogP contribution in [-0.4, -0.2) is 46.9 Å². The van der Waals surface area contributed by atoms with Gasteiger partial charge in [-0.15, -0.1) is 0 Å². The Labute approximate surface area is 163 Å². The summed E-state index contributed by atoms with van der Waals surface area (Å²) in [6.07, 6.45) is 3.58.